The molecule has 18 heavy (non-hydrogen) atoms. The van der Waals surface area contributed by atoms with Crippen LogP contribution < -0.4 is 10.6 Å². The highest BCUT2D eigenvalue weighted by atomic mass is 35.5. The molecule has 1 saturated heterocycles. The smallest absolute Gasteiger partial charge is 0.337 e. The molecule has 1 heterocycles. The molecule has 1 aromatic rings. The van der Waals surface area contributed by atoms with Gasteiger partial charge in [0.2, 0.25) is 0 Å². The van der Waals surface area contributed by atoms with Crippen LogP contribution in [-0.2, 0) is 0 Å². The monoisotopic (exact) mass is 286 g/mol. The second-order valence-corrected chi connectivity index (χ2v) is 5.88. The number of nitrogens with two attached hydrogens (primary N) is 1. The predicted molar refractivity (Wildman–Crippen MR) is 77.0 cm³/mol. The van der Waals surface area contributed by atoms with Gasteiger partial charge in [-0.15, -0.1) is 0 Å². The highest BCUT2D eigenvalue weighted by Gasteiger charge is 2.26. The molecule has 0 aromatic heterocycles. The number of anilines is 2. The van der Waals surface area contributed by atoms with Crippen molar-refractivity contribution in [2.45, 2.75) is 13.0 Å². The maximum Gasteiger partial charge on any atom is 0.337 e. The average Bonchev–Trinajstić information content (AvgIpc) is 2.29. The summed E-state index contributed by atoms with van der Waals surface area (Å²) in [4.78, 5) is 13.4. The van der Waals surface area contributed by atoms with Crippen LogP contribution >= 0.6 is 23.4 Å². The minimum atomic E-state index is -0.996. The second kappa shape index (κ2) is 5.28. The SMILES string of the molecule is CC1CSCCN1c1c(Cl)cc(N)cc1C(=O)O. The molecular weight excluding hydrogens is 272 g/mol. The van der Waals surface area contributed by atoms with E-state index in [4.69, 9.17) is 17.3 Å². The number of hydrogen-bond acceptors (Lipinski definition) is 4. The number of nitrogen functional groups attached to an aromatic ring is 1. The first-order chi connectivity index (χ1) is 8.50. The van der Waals surface area contributed by atoms with Crippen molar-refractivity contribution in [1.82, 2.24) is 0 Å². The summed E-state index contributed by atoms with van der Waals surface area (Å²) < 4.78 is 0. The lowest BCUT2D eigenvalue weighted by molar-refractivity contribution is 0.0697. The molecule has 0 saturated carbocycles. The maximum absolute atomic E-state index is 11.3. The zero-order chi connectivity index (χ0) is 13.3. The molecule has 1 aliphatic heterocycles. The Kier molecular flexibility index (Phi) is 3.92. The van der Waals surface area contributed by atoms with Crippen molar-refractivity contribution < 1.29 is 9.90 Å². The summed E-state index contributed by atoms with van der Waals surface area (Å²) in [5, 5.41) is 9.69. The molecule has 0 spiro atoms. The van der Waals surface area contributed by atoms with Crippen LogP contribution in [0.2, 0.25) is 5.02 Å². The first kappa shape index (κ1) is 13.4. The summed E-state index contributed by atoms with van der Waals surface area (Å²) in [6.07, 6.45) is 0. The fourth-order valence-electron chi connectivity index (χ4n) is 2.13. The normalized spacial score (nSPS) is 19.9. The van der Waals surface area contributed by atoms with Gasteiger partial charge in [0, 0.05) is 29.8 Å². The Labute approximate surface area is 115 Å². The van der Waals surface area contributed by atoms with Crippen LogP contribution in [0.25, 0.3) is 0 Å². The molecule has 0 radical (unpaired) electrons. The van der Waals surface area contributed by atoms with Crippen molar-refractivity contribution in [1.29, 1.82) is 0 Å². The maximum atomic E-state index is 11.3. The molecule has 1 unspecified atom stereocenters. The Morgan fingerprint density at radius 2 is 2.33 bits per heavy atom. The largest absolute Gasteiger partial charge is 0.478 e. The van der Waals surface area contributed by atoms with Gasteiger partial charge in [-0.2, -0.15) is 11.8 Å². The van der Waals surface area contributed by atoms with Crippen LogP contribution in [0.5, 0.6) is 0 Å². The van der Waals surface area contributed by atoms with E-state index in [-0.39, 0.29) is 11.6 Å². The fraction of sp³-hybridized carbons (Fsp3) is 0.417. The lowest BCUT2D eigenvalue weighted by atomic mass is 10.1. The van der Waals surface area contributed by atoms with E-state index in [0.717, 1.165) is 18.1 Å². The van der Waals surface area contributed by atoms with Crippen molar-refractivity contribution in [3.63, 3.8) is 0 Å². The van der Waals surface area contributed by atoms with Gasteiger partial charge in [0.15, 0.2) is 0 Å². The zero-order valence-corrected chi connectivity index (χ0v) is 11.6. The van der Waals surface area contributed by atoms with Gasteiger partial charge >= 0.3 is 5.97 Å². The molecule has 2 rings (SSSR count). The third-order valence-corrected chi connectivity index (χ3v) is 4.45. The number of halogens is 1. The van der Waals surface area contributed by atoms with Crippen LogP contribution in [-0.4, -0.2) is 35.2 Å². The van der Waals surface area contributed by atoms with Crippen LogP contribution in [0.3, 0.4) is 0 Å². The number of carbonyl (C=O) groups is 1. The van der Waals surface area contributed by atoms with Crippen molar-refractivity contribution in [3.05, 3.63) is 22.7 Å². The van der Waals surface area contributed by atoms with E-state index in [0.29, 0.717) is 16.4 Å². The average molecular weight is 287 g/mol. The van der Waals surface area contributed by atoms with E-state index in [9.17, 15) is 9.90 Å². The molecule has 1 aromatic carbocycles. The number of thioether (sulfide) groups is 1. The third-order valence-electron chi connectivity index (χ3n) is 2.97. The van der Waals surface area contributed by atoms with Gasteiger partial charge in [-0.3, -0.25) is 0 Å². The summed E-state index contributed by atoms with van der Waals surface area (Å²) in [7, 11) is 0. The van der Waals surface area contributed by atoms with Crippen molar-refractivity contribution in [3.8, 4) is 0 Å². The van der Waals surface area contributed by atoms with E-state index < -0.39 is 5.97 Å². The van der Waals surface area contributed by atoms with Crippen molar-refractivity contribution >= 4 is 40.7 Å². The van der Waals surface area contributed by atoms with Gasteiger partial charge in [0.1, 0.15) is 0 Å². The van der Waals surface area contributed by atoms with Gasteiger partial charge in [-0.05, 0) is 19.1 Å². The van der Waals surface area contributed by atoms with E-state index in [1.54, 1.807) is 6.07 Å². The lowest BCUT2D eigenvalue weighted by Crippen LogP contribution is -2.41. The van der Waals surface area contributed by atoms with Gasteiger partial charge in [-0.1, -0.05) is 11.6 Å². The van der Waals surface area contributed by atoms with E-state index in [2.05, 4.69) is 11.8 Å². The Balaban J connectivity index is 2.51. The summed E-state index contributed by atoms with van der Waals surface area (Å²) >= 11 is 8.05. The Morgan fingerprint density at radius 3 is 2.94 bits per heavy atom. The standard InChI is InChI=1S/C12H15ClN2O2S/c1-7-6-18-3-2-15(7)11-9(12(16)17)4-8(14)5-10(11)13/h4-5,7H,2-3,6,14H2,1H3,(H,16,17). The Hall–Kier alpha value is -1.07. The number of hydrogen-bond donors (Lipinski definition) is 2. The highest BCUT2D eigenvalue weighted by molar-refractivity contribution is 7.99. The third kappa shape index (κ3) is 2.52. The number of carboxylic acid groups (broad SMARTS) is 1. The predicted octanol–water partition coefficient (Wildman–Crippen LogP) is 2.56. The zero-order valence-electron chi connectivity index (χ0n) is 10.0. The van der Waals surface area contributed by atoms with E-state index in [1.165, 1.54) is 6.07 Å². The topological polar surface area (TPSA) is 66.6 Å². The van der Waals surface area contributed by atoms with Gasteiger partial charge in [-0.25, -0.2) is 4.79 Å². The first-order valence-electron chi connectivity index (χ1n) is 5.67. The first-order valence-corrected chi connectivity index (χ1v) is 7.20. The fourth-order valence-corrected chi connectivity index (χ4v) is 3.48. The van der Waals surface area contributed by atoms with Crippen LogP contribution in [0.4, 0.5) is 11.4 Å². The molecule has 3 N–H and O–H groups in total. The summed E-state index contributed by atoms with van der Waals surface area (Å²) in [5.74, 6) is 0.953. The van der Waals surface area contributed by atoms with E-state index in [1.807, 2.05) is 11.8 Å². The van der Waals surface area contributed by atoms with Crippen LogP contribution in [0, 0.1) is 0 Å². The number of benzene rings is 1. The molecule has 4 nitrogen and oxygen atoms in total. The van der Waals surface area contributed by atoms with Gasteiger partial charge in [0.05, 0.1) is 16.3 Å². The highest BCUT2D eigenvalue weighted by Crippen LogP contribution is 2.35. The Bertz CT molecular complexity index is 481. The molecule has 1 fully saturated rings. The molecule has 0 bridgehead atoms. The summed E-state index contributed by atoms with van der Waals surface area (Å²) in [6.45, 7) is 2.88. The molecule has 1 aliphatic rings. The van der Waals surface area contributed by atoms with Crippen LogP contribution in [0.15, 0.2) is 12.1 Å². The van der Waals surface area contributed by atoms with Crippen molar-refractivity contribution in [2.75, 3.05) is 28.7 Å². The molecule has 0 amide bonds. The van der Waals surface area contributed by atoms with Crippen LogP contribution in [0.1, 0.15) is 17.3 Å². The van der Waals surface area contributed by atoms with Gasteiger partial charge in [0.25, 0.3) is 0 Å². The summed E-state index contributed by atoms with van der Waals surface area (Å²) in [5.41, 5.74) is 6.80. The minimum absolute atomic E-state index is 0.179. The quantitative estimate of drug-likeness (QED) is 0.818. The molecule has 1 atom stereocenters. The molecule has 0 aliphatic carbocycles. The van der Waals surface area contributed by atoms with Gasteiger partial charge < -0.3 is 15.7 Å². The number of carboxylic acids is 1. The molecular formula is C12H15ClN2O2S. The second-order valence-electron chi connectivity index (χ2n) is 4.32. The molecule has 98 valence electrons. The van der Waals surface area contributed by atoms with E-state index >= 15 is 0 Å². The lowest BCUT2D eigenvalue weighted by Gasteiger charge is -2.36. The summed E-state index contributed by atoms with van der Waals surface area (Å²) in [6, 6.07) is 3.35. The number of rotatable bonds is 2. The number of aromatic carboxylic acids is 1. The molecule has 6 heteroatoms. The van der Waals surface area contributed by atoms with Crippen molar-refractivity contribution in [2.24, 2.45) is 0 Å². The number of nitrogens with zero attached hydrogens (tertiary/aromatic N) is 1. The Morgan fingerprint density at radius 1 is 1.61 bits per heavy atom. The minimum Gasteiger partial charge on any atom is -0.478 e.